The van der Waals surface area contributed by atoms with Gasteiger partial charge in [-0.05, 0) is 27.7 Å². The molecule has 0 rings (SSSR count). The van der Waals surface area contributed by atoms with Gasteiger partial charge in [-0.3, -0.25) is 20.4 Å². The number of nitrogens with one attached hydrogen (secondary N) is 2. The molecule has 0 saturated heterocycles. The topological polar surface area (TPSA) is 58.2 Å². The summed E-state index contributed by atoms with van der Waals surface area (Å²) in [6.07, 6.45) is 2.81. The first kappa shape index (κ1) is 12.4. The first-order valence-electron chi connectivity index (χ1n) is 4.31. The quantitative estimate of drug-likeness (QED) is 0.512. The Kier molecular flexibility index (Phi) is 5.29. The molecule has 2 N–H and O–H groups in total. The summed E-state index contributed by atoms with van der Waals surface area (Å²) in [5, 5.41) is 0. The van der Waals surface area contributed by atoms with E-state index in [0.717, 1.165) is 11.1 Å². The van der Waals surface area contributed by atoms with E-state index in [-0.39, 0.29) is 11.8 Å². The standard InChI is InChI=1S/C10H16N2O2/c1-7(2)5-9(13)11-12-10(14)6-8(3)4/h5-6H,1-4H3,(H,11,13)(H,12,14). The van der Waals surface area contributed by atoms with E-state index in [1.54, 1.807) is 27.7 Å². The fourth-order valence-electron chi connectivity index (χ4n) is 0.720. The zero-order chi connectivity index (χ0) is 11.1. The third-order valence-corrected chi connectivity index (χ3v) is 1.15. The second-order valence-corrected chi connectivity index (χ2v) is 3.42. The highest BCUT2D eigenvalue weighted by Crippen LogP contribution is 1.87. The predicted octanol–water partition coefficient (Wildman–Crippen LogP) is 1.07. The van der Waals surface area contributed by atoms with Gasteiger partial charge in [-0.15, -0.1) is 0 Å². The van der Waals surface area contributed by atoms with Crippen molar-refractivity contribution < 1.29 is 9.59 Å². The molecule has 0 atom stereocenters. The minimum Gasteiger partial charge on any atom is -0.268 e. The van der Waals surface area contributed by atoms with E-state index >= 15 is 0 Å². The Balaban J connectivity index is 3.96. The SMILES string of the molecule is CC(C)=CC(=O)NNC(=O)C=C(C)C. The van der Waals surface area contributed by atoms with Crippen molar-refractivity contribution in [2.24, 2.45) is 0 Å². The monoisotopic (exact) mass is 196 g/mol. The fraction of sp³-hybridized carbons (Fsp3) is 0.400. The second-order valence-electron chi connectivity index (χ2n) is 3.42. The number of carbonyl (C=O) groups is 2. The average molecular weight is 196 g/mol. The lowest BCUT2D eigenvalue weighted by Crippen LogP contribution is -2.40. The smallest absolute Gasteiger partial charge is 0.262 e. The van der Waals surface area contributed by atoms with Crippen LogP contribution in [0.4, 0.5) is 0 Å². The third kappa shape index (κ3) is 7.09. The summed E-state index contributed by atoms with van der Waals surface area (Å²) in [4.78, 5) is 22.0. The molecule has 0 spiro atoms. The number of hydrogen-bond acceptors (Lipinski definition) is 2. The maximum Gasteiger partial charge on any atom is 0.262 e. The fourth-order valence-corrected chi connectivity index (χ4v) is 0.720. The van der Waals surface area contributed by atoms with Crippen LogP contribution in [0.25, 0.3) is 0 Å². The van der Waals surface area contributed by atoms with Crippen LogP contribution in [0.1, 0.15) is 27.7 Å². The van der Waals surface area contributed by atoms with Crippen molar-refractivity contribution in [3.05, 3.63) is 23.3 Å². The normalized spacial score (nSPS) is 8.57. The van der Waals surface area contributed by atoms with Crippen LogP contribution in [-0.4, -0.2) is 11.8 Å². The van der Waals surface area contributed by atoms with E-state index in [0.29, 0.717) is 0 Å². The summed E-state index contributed by atoms with van der Waals surface area (Å²) >= 11 is 0. The minimum absolute atomic E-state index is 0.333. The number of rotatable bonds is 2. The summed E-state index contributed by atoms with van der Waals surface area (Å²) in [5.74, 6) is -0.666. The van der Waals surface area contributed by atoms with Gasteiger partial charge < -0.3 is 0 Å². The minimum atomic E-state index is -0.333. The molecule has 0 radical (unpaired) electrons. The number of hydrogen-bond donors (Lipinski definition) is 2. The lowest BCUT2D eigenvalue weighted by molar-refractivity contribution is -0.123. The van der Waals surface area contributed by atoms with Crippen LogP contribution < -0.4 is 10.9 Å². The first-order chi connectivity index (χ1) is 6.41. The number of amides is 2. The van der Waals surface area contributed by atoms with E-state index in [9.17, 15) is 9.59 Å². The Hall–Kier alpha value is -1.58. The maximum atomic E-state index is 11.0. The molecule has 0 bridgehead atoms. The first-order valence-corrected chi connectivity index (χ1v) is 4.31. The molecule has 0 saturated carbocycles. The zero-order valence-electron chi connectivity index (χ0n) is 8.97. The molecule has 4 nitrogen and oxygen atoms in total. The van der Waals surface area contributed by atoms with E-state index in [2.05, 4.69) is 10.9 Å². The molecule has 0 fully saturated rings. The van der Waals surface area contributed by atoms with Gasteiger partial charge in [-0.25, -0.2) is 0 Å². The van der Waals surface area contributed by atoms with Crippen molar-refractivity contribution >= 4 is 11.8 Å². The Bertz CT molecular complexity index is 252. The number of hydrazine groups is 1. The van der Waals surface area contributed by atoms with E-state index in [1.807, 2.05) is 0 Å². The van der Waals surface area contributed by atoms with Crippen LogP contribution >= 0.6 is 0 Å². The van der Waals surface area contributed by atoms with Gasteiger partial charge in [-0.1, -0.05) is 11.1 Å². The Labute approximate surface area is 84.0 Å². The Morgan fingerprint density at radius 1 is 0.786 bits per heavy atom. The number of allylic oxidation sites excluding steroid dienone is 2. The molecule has 0 unspecified atom stereocenters. The number of carbonyl (C=O) groups excluding carboxylic acids is 2. The van der Waals surface area contributed by atoms with Crippen LogP contribution in [0, 0.1) is 0 Å². The van der Waals surface area contributed by atoms with Gasteiger partial charge >= 0.3 is 0 Å². The highest BCUT2D eigenvalue weighted by Gasteiger charge is 1.98. The molecule has 0 aliphatic rings. The molecule has 4 heteroatoms. The third-order valence-electron chi connectivity index (χ3n) is 1.15. The molecule has 78 valence electrons. The molecule has 0 aliphatic heterocycles. The summed E-state index contributed by atoms with van der Waals surface area (Å²) in [5.41, 5.74) is 6.27. The summed E-state index contributed by atoms with van der Waals surface area (Å²) in [6.45, 7) is 7.21. The van der Waals surface area contributed by atoms with Crippen molar-refractivity contribution in [3.8, 4) is 0 Å². The summed E-state index contributed by atoms with van der Waals surface area (Å²) in [7, 11) is 0. The predicted molar refractivity (Wildman–Crippen MR) is 55.1 cm³/mol. The highest BCUT2D eigenvalue weighted by atomic mass is 16.2. The molecule has 0 aliphatic carbocycles. The molecular weight excluding hydrogens is 180 g/mol. The molecular formula is C10H16N2O2. The van der Waals surface area contributed by atoms with Crippen molar-refractivity contribution in [2.75, 3.05) is 0 Å². The second kappa shape index (κ2) is 5.96. The maximum absolute atomic E-state index is 11.0. The van der Waals surface area contributed by atoms with E-state index < -0.39 is 0 Å². The molecule has 0 aromatic carbocycles. The molecule has 14 heavy (non-hydrogen) atoms. The van der Waals surface area contributed by atoms with Gasteiger partial charge in [0.15, 0.2) is 0 Å². The van der Waals surface area contributed by atoms with Crippen molar-refractivity contribution in [1.29, 1.82) is 0 Å². The Morgan fingerprint density at radius 2 is 1.07 bits per heavy atom. The van der Waals surface area contributed by atoms with Crippen LogP contribution in [0.3, 0.4) is 0 Å². The van der Waals surface area contributed by atoms with Crippen LogP contribution in [0.15, 0.2) is 23.3 Å². The summed E-state index contributed by atoms with van der Waals surface area (Å²) in [6, 6.07) is 0. The average Bonchev–Trinajstić information content (AvgIpc) is 1.98. The lowest BCUT2D eigenvalue weighted by atomic mass is 10.3. The van der Waals surface area contributed by atoms with Gasteiger partial charge in [0.25, 0.3) is 11.8 Å². The molecule has 0 aromatic heterocycles. The van der Waals surface area contributed by atoms with E-state index in [1.165, 1.54) is 12.2 Å². The van der Waals surface area contributed by atoms with Gasteiger partial charge in [0.2, 0.25) is 0 Å². The van der Waals surface area contributed by atoms with Gasteiger partial charge in [-0.2, -0.15) is 0 Å². The molecule has 0 aromatic rings. The van der Waals surface area contributed by atoms with Crippen LogP contribution in [-0.2, 0) is 9.59 Å². The van der Waals surface area contributed by atoms with Crippen molar-refractivity contribution in [3.63, 3.8) is 0 Å². The van der Waals surface area contributed by atoms with E-state index in [4.69, 9.17) is 0 Å². The van der Waals surface area contributed by atoms with Gasteiger partial charge in [0, 0.05) is 12.2 Å². The lowest BCUT2D eigenvalue weighted by Gasteiger charge is -2.02. The zero-order valence-corrected chi connectivity index (χ0v) is 8.97. The van der Waals surface area contributed by atoms with Gasteiger partial charge in [0.05, 0.1) is 0 Å². The molecule has 0 heterocycles. The molecule has 2 amide bonds. The van der Waals surface area contributed by atoms with Gasteiger partial charge in [0.1, 0.15) is 0 Å². The van der Waals surface area contributed by atoms with Crippen LogP contribution in [0.2, 0.25) is 0 Å². The van der Waals surface area contributed by atoms with Crippen LogP contribution in [0.5, 0.6) is 0 Å². The Morgan fingerprint density at radius 3 is 1.29 bits per heavy atom. The van der Waals surface area contributed by atoms with Crippen molar-refractivity contribution in [1.82, 2.24) is 10.9 Å². The van der Waals surface area contributed by atoms with Crippen molar-refractivity contribution in [2.45, 2.75) is 27.7 Å². The summed E-state index contributed by atoms with van der Waals surface area (Å²) < 4.78 is 0. The largest absolute Gasteiger partial charge is 0.268 e. The highest BCUT2D eigenvalue weighted by molar-refractivity contribution is 5.93.